The van der Waals surface area contributed by atoms with Gasteiger partial charge in [0.05, 0.1) is 35.8 Å². The van der Waals surface area contributed by atoms with Crippen LogP contribution in [0.2, 0.25) is 0 Å². The van der Waals surface area contributed by atoms with Crippen LogP contribution in [0.5, 0.6) is 16.6 Å². The van der Waals surface area contributed by atoms with E-state index < -0.39 is 6.10 Å². The van der Waals surface area contributed by atoms with Crippen molar-refractivity contribution < 1.29 is 19.0 Å². The summed E-state index contributed by atoms with van der Waals surface area (Å²) in [6.45, 7) is 5.97. The summed E-state index contributed by atoms with van der Waals surface area (Å²) in [6.07, 6.45) is 2.54. The molecule has 3 heterocycles. The van der Waals surface area contributed by atoms with Crippen molar-refractivity contribution >= 4 is 39.7 Å². The van der Waals surface area contributed by atoms with E-state index in [1.165, 1.54) is 17.7 Å². The van der Waals surface area contributed by atoms with Gasteiger partial charge in [-0.1, -0.05) is 17.4 Å². The molecular formula is C25H25N5O4S. The van der Waals surface area contributed by atoms with Crippen molar-refractivity contribution in [2.24, 2.45) is 0 Å². The Balaban J connectivity index is 1.39. The van der Waals surface area contributed by atoms with Crippen molar-refractivity contribution in [2.45, 2.75) is 20.0 Å². The predicted molar refractivity (Wildman–Crippen MR) is 134 cm³/mol. The van der Waals surface area contributed by atoms with Crippen LogP contribution >= 0.6 is 11.3 Å². The molecule has 10 heteroatoms. The van der Waals surface area contributed by atoms with Crippen molar-refractivity contribution in [3.8, 4) is 16.6 Å². The van der Waals surface area contributed by atoms with Crippen LogP contribution in [0.1, 0.15) is 12.5 Å². The monoisotopic (exact) mass is 491 g/mol. The zero-order valence-corrected chi connectivity index (χ0v) is 20.2. The molecule has 1 saturated heterocycles. The van der Waals surface area contributed by atoms with Crippen LogP contribution in [-0.2, 0) is 9.53 Å². The lowest BCUT2D eigenvalue weighted by molar-refractivity contribution is -0.142. The molecular weight excluding hydrogens is 466 g/mol. The Kier molecular flexibility index (Phi) is 6.73. The minimum absolute atomic E-state index is 0.0659. The summed E-state index contributed by atoms with van der Waals surface area (Å²) in [5, 5.41) is 4.81. The summed E-state index contributed by atoms with van der Waals surface area (Å²) in [6, 6.07) is 11.4. The number of anilines is 2. The Morgan fingerprint density at radius 3 is 2.80 bits per heavy atom. The van der Waals surface area contributed by atoms with Gasteiger partial charge in [-0.25, -0.2) is 15.0 Å². The first-order chi connectivity index (χ1) is 17.1. The first-order valence-electron chi connectivity index (χ1n) is 11.3. The van der Waals surface area contributed by atoms with E-state index in [1.54, 1.807) is 23.5 Å². The summed E-state index contributed by atoms with van der Waals surface area (Å²) >= 11 is 1.44. The standard InChI is InChI=1S/C25H25N5O4S/c1-16-12-18(6-7-20(16)34-22-13-26-15-35-22)29-24-23-19(27-14-28-24)4-3-5-21(23)33-17(2)25(31)30-8-10-32-11-9-30/h3-7,12-15,17H,8-11H2,1-2H3,(H,27,28,29)/t17-/m1/s1. The average Bonchev–Trinajstić information content (AvgIpc) is 3.39. The van der Waals surface area contributed by atoms with Gasteiger partial charge in [-0.3, -0.25) is 4.79 Å². The Morgan fingerprint density at radius 2 is 2.03 bits per heavy atom. The molecule has 35 heavy (non-hydrogen) atoms. The lowest BCUT2D eigenvalue weighted by Crippen LogP contribution is -2.46. The van der Waals surface area contributed by atoms with E-state index in [2.05, 4.69) is 20.3 Å². The number of nitrogens with zero attached hydrogens (tertiary/aromatic N) is 4. The van der Waals surface area contributed by atoms with E-state index >= 15 is 0 Å². The molecule has 1 N–H and O–H groups in total. The Hall–Kier alpha value is -3.76. The first-order valence-corrected chi connectivity index (χ1v) is 12.2. The molecule has 1 atom stereocenters. The van der Waals surface area contributed by atoms with Crippen LogP contribution in [-0.4, -0.2) is 58.2 Å². The molecule has 1 amide bonds. The first kappa shape index (κ1) is 23.0. The molecule has 0 radical (unpaired) electrons. The van der Waals surface area contributed by atoms with Gasteiger partial charge in [0, 0.05) is 18.8 Å². The molecule has 1 aliphatic rings. The Morgan fingerprint density at radius 1 is 1.17 bits per heavy atom. The fourth-order valence-electron chi connectivity index (χ4n) is 3.89. The van der Waals surface area contributed by atoms with Crippen LogP contribution in [0.25, 0.3) is 10.9 Å². The van der Waals surface area contributed by atoms with E-state index in [1.807, 2.05) is 43.3 Å². The third-order valence-electron chi connectivity index (χ3n) is 5.66. The van der Waals surface area contributed by atoms with Crippen LogP contribution in [0.4, 0.5) is 11.5 Å². The number of benzene rings is 2. The summed E-state index contributed by atoms with van der Waals surface area (Å²) < 4.78 is 17.4. The highest BCUT2D eigenvalue weighted by Gasteiger charge is 2.25. The molecule has 9 nitrogen and oxygen atoms in total. The van der Waals surface area contributed by atoms with Crippen LogP contribution < -0.4 is 14.8 Å². The van der Waals surface area contributed by atoms with Gasteiger partial charge in [-0.2, -0.15) is 0 Å². The number of fused-ring (bicyclic) bond motifs is 1. The highest BCUT2D eigenvalue weighted by molar-refractivity contribution is 7.11. The molecule has 0 unspecified atom stereocenters. The lowest BCUT2D eigenvalue weighted by atomic mass is 10.1. The maximum atomic E-state index is 12.9. The fourth-order valence-corrected chi connectivity index (χ4v) is 4.38. The number of hydrogen-bond donors (Lipinski definition) is 1. The second-order valence-corrected chi connectivity index (χ2v) is 8.95. The van der Waals surface area contributed by atoms with Crippen molar-refractivity contribution in [2.75, 3.05) is 31.6 Å². The van der Waals surface area contributed by atoms with Crippen molar-refractivity contribution in [1.29, 1.82) is 0 Å². The molecule has 2 aromatic heterocycles. The van der Waals surface area contributed by atoms with Gasteiger partial charge in [0.1, 0.15) is 23.6 Å². The van der Waals surface area contributed by atoms with Crippen LogP contribution in [0.3, 0.4) is 0 Å². The number of nitrogens with one attached hydrogen (secondary N) is 1. The zero-order chi connectivity index (χ0) is 24.2. The molecule has 180 valence electrons. The molecule has 1 aliphatic heterocycles. The van der Waals surface area contributed by atoms with Gasteiger partial charge in [0.25, 0.3) is 5.91 Å². The number of morpholine rings is 1. The number of carbonyl (C=O) groups excluding carboxylic acids is 1. The third kappa shape index (κ3) is 5.18. The lowest BCUT2D eigenvalue weighted by Gasteiger charge is -2.29. The molecule has 0 spiro atoms. The van der Waals surface area contributed by atoms with Gasteiger partial charge in [-0.05, 0) is 49.7 Å². The molecule has 0 aliphatic carbocycles. The van der Waals surface area contributed by atoms with Crippen LogP contribution in [0.15, 0.2) is 54.4 Å². The van der Waals surface area contributed by atoms with Crippen LogP contribution in [0, 0.1) is 6.92 Å². The van der Waals surface area contributed by atoms with Gasteiger partial charge < -0.3 is 24.4 Å². The number of hydrogen-bond acceptors (Lipinski definition) is 9. The maximum absolute atomic E-state index is 12.9. The smallest absolute Gasteiger partial charge is 0.263 e. The molecule has 5 rings (SSSR count). The van der Waals surface area contributed by atoms with Gasteiger partial charge in [0.15, 0.2) is 6.10 Å². The number of aromatic nitrogens is 3. The van der Waals surface area contributed by atoms with Gasteiger partial charge in [-0.15, -0.1) is 0 Å². The van der Waals surface area contributed by atoms with Gasteiger partial charge >= 0.3 is 0 Å². The minimum Gasteiger partial charge on any atom is -0.480 e. The minimum atomic E-state index is -0.655. The SMILES string of the molecule is Cc1cc(Nc2ncnc3cccc(O[C@H](C)C(=O)N4CCOCC4)c23)ccc1Oc1cncs1. The highest BCUT2D eigenvalue weighted by atomic mass is 32.1. The molecule has 0 saturated carbocycles. The molecule has 4 aromatic rings. The summed E-state index contributed by atoms with van der Waals surface area (Å²) in [7, 11) is 0. The van der Waals surface area contributed by atoms with Crippen molar-refractivity contribution in [3.05, 3.63) is 60.0 Å². The number of carbonyl (C=O) groups is 1. The zero-order valence-electron chi connectivity index (χ0n) is 19.4. The number of aryl methyl sites for hydroxylation is 1. The van der Waals surface area contributed by atoms with E-state index in [0.717, 1.165) is 22.1 Å². The van der Waals surface area contributed by atoms with Crippen molar-refractivity contribution in [3.63, 3.8) is 0 Å². The molecule has 0 bridgehead atoms. The van der Waals surface area contributed by atoms with E-state index in [4.69, 9.17) is 14.2 Å². The fraction of sp³-hybridized carbons (Fsp3) is 0.280. The molecule has 1 fully saturated rings. The Bertz CT molecular complexity index is 1320. The number of ether oxygens (including phenoxy) is 3. The predicted octanol–water partition coefficient (Wildman–Crippen LogP) is 4.56. The second kappa shape index (κ2) is 10.2. The second-order valence-electron chi connectivity index (χ2n) is 8.10. The topological polar surface area (TPSA) is 98.7 Å². The van der Waals surface area contributed by atoms with E-state index in [9.17, 15) is 4.79 Å². The average molecular weight is 492 g/mol. The third-order valence-corrected chi connectivity index (χ3v) is 6.31. The largest absolute Gasteiger partial charge is 0.480 e. The number of amides is 1. The number of thiazole rings is 1. The normalized spacial score (nSPS) is 14.5. The van der Waals surface area contributed by atoms with E-state index in [0.29, 0.717) is 48.8 Å². The molecule has 2 aromatic carbocycles. The van der Waals surface area contributed by atoms with E-state index in [-0.39, 0.29) is 5.91 Å². The van der Waals surface area contributed by atoms with Gasteiger partial charge in [0.2, 0.25) is 5.06 Å². The summed E-state index contributed by atoms with van der Waals surface area (Å²) in [5.74, 6) is 1.82. The number of rotatable bonds is 7. The quantitative estimate of drug-likeness (QED) is 0.402. The summed E-state index contributed by atoms with van der Waals surface area (Å²) in [5.41, 5.74) is 4.25. The summed E-state index contributed by atoms with van der Waals surface area (Å²) in [4.78, 5) is 27.6. The Labute approximate surface area is 206 Å². The maximum Gasteiger partial charge on any atom is 0.263 e. The highest BCUT2D eigenvalue weighted by Crippen LogP contribution is 2.34. The van der Waals surface area contributed by atoms with Crippen molar-refractivity contribution in [1.82, 2.24) is 19.9 Å².